The fourth-order valence-electron chi connectivity index (χ4n) is 4.14. The lowest BCUT2D eigenvalue weighted by Crippen LogP contribution is -2.42. The molecule has 1 unspecified atom stereocenters. The molecule has 1 fully saturated rings. The zero-order valence-electron chi connectivity index (χ0n) is 18.2. The summed E-state index contributed by atoms with van der Waals surface area (Å²) < 4.78 is 41.9. The van der Waals surface area contributed by atoms with Gasteiger partial charge in [0.2, 0.25) is 0 Å². The predicted octanol–water partition coefficient (Wildman–Crippen LogP) is 2.55. The monoisotopic (exact) mass is 471 g/mol. The number of aliphatic hydroxyl groups is 1. The SMILES string of the molecule is CC(O)CN1CCC(S(=O)(=O)c2ncccc2-c2ccc(-c3cnc(N)cn3)c(F)c2)CC1. The molecule has 1 saturated heterocycles. The van der Waals surface area contributed by atoms with Crippen LogP contribution in [0.4, 0.5) is 10.2 Å². The molecular formula is C23H26FN5O3S. The molecule has 4 rings (SSSR count). The summed E-state index contributed by atoms with van der Waals surface area (Å²) in [7, 11) is -3.73. The van der Waals surface area contributed by atoms with Gasteiger partial charge in [0.15, 0.2) is 14.9 Å². The molecule has 10 heteroatoms. The molecule has 1 aliphatic rings. The maximum absolute atomic E-state index is 15.0. The summed E-state index contributed by atoms with van der Waals surface area (Å²) in [4.78, 5) is 14.3. The molecule has 3 heterocycles. The number of sulfone groups is 1. The number of hydrogen-bond acceptors (Lipinski definition) is 8. The van der Waals surface area contributed by atoms with E-state index in [-0.39, 0.29) is 16.4 Å². The topological polar surface area (TPSA) is 122 Å². The van der Waals surface area contributed by atoms with Crippen molar-refractivity contribution >= 4 is 15.7 Å². The molecule has 0 amide bonds. The molecule has 0 bridgehead atoms. The normalized spacial score (nSPS) is 16.6. The lowest BCUT2D eigenvalue weighted by atomic mass is 10.0. The molecule has 174 valence electrons. The van der Waals surface area contributed by atoms with Crippen LogP contribution >= 0.6 is 0 Å². The summed E-state index contributed by atoms with van der Waals surface area (Å²) in [6.45, 7) is 3.41. The van der Waals surface area contributed by atoms with Crippen LogP contribution in [0.15, 0.2) is 53.9 Å². The van der Waals surface area contributed by atoms with E-state index in [0.29, 0.717) is 49.3 Å². The summed E-state index contributed by atoms with van der Waals surface area (Å²) in [6, 6.07) is 7.76. The summed E-state index contributed by atoms with van der Waals surface area (Å²) in [6.07, 6.45) is 4.62. The molecule has 0 spiro atoms. The van der Waals surface area contributed by atoms with Crippen molar-refractivity contribution in [2.45, 2.75) is 36.1 Å². The molecule has 1 atom stereocenters. The first kappa shape index (κ1) is 23.2. The fourth-order valence-corrected chi connectivity index (χ4v) is 5.99. The molecule has 0 aliphatic carbocycles. The number of β-amino-alcohol motifs (C(OH)–C–C–N with tert-alkyl or cyclic N) is 1. The molecule has 1 aliphatic heterocycles. The third kappa shape index (κ3) is 5.02. The number of piperidine rings is 1. The van der Waals surface area contributed by atoms with E-state index in [1.54, 1.807) is 31.2 Å². The molecule has 0 radical (unpaired) electrons. The number of rotatable bonds is 6. The van der Waals surface area contributed by atoms with Crippen molar-refractivity contribution in [1.82, 2.24) is 19.9 Å². The lowest BCUT2D eigenvalue weighted by molar-refractivity contribution is 0.114. The highest BCUT2D eigenvalue weighted by atomic mass is 32.2. The molecule has 33 heavy (non-hydrogen) atoms. The van der Waals surface area contributed by atoms with Gasteiger partial charge < -0.3 is 15.7 Å². The van der Waals surface area contributed by atoms with Crippen LogP contribution in [0.25, 0.3) is 22.4 Å². The van der Waals surface area contributed by atoms with E-state index in [0.717, 1.165) is 0 Å². The van der Waals surface area contributed by atoms with E-state index in [4.69, 9.17) is 5.73 Å². The number of pyridine rings is 1. The first-order chi connectivity index (χ1) is 15.8. The van der Waals surface area contributed by atoms with Crippen LogP contribution in [0, 0.1) is 5.82 Å². The van der Waals surface area contributed by atoms with Crippen molar-refractivity contribution in [1.29, 1.82) is 0 Å². The number of benzene rings is 1. The highest BCUT2D eigenvalue weighted by Crippen LogP contribution is 2.33. The van der Waals surface area contributed by atoms with Gasteiger partial charge in [-0.1, -0.05) is 6.07 Å². The minimum absolute atomic E-state index is 0.0431. The first-order valence-corrected chi connectivity index (χ1v) is 12.3. The number of aliphatic hydroxyl groups excluding tert-OH is 1. The van der Waals surface area contributed by atoms with Crippen molar-refractivity contribution in [2.75, 3.05) is 25.4 Å². The molecule has 0 saturated carbocycles. The van der Waals surface area contributed by atoms with Gasteiger partial charge in [-0.3, -0.25) is 4.98 Å². The fraction of sp³-hybridized carbons (Fsp3) is 0.348. The Kier molecular flexibility index (Phi) is 6.68. The Morgan fingerprint density at radius 1 is 1.15 bits per heavy atom. The highest BCUT2D eigenvalue weighted by Gasteiger charge is 2.34. The predicted molar refractivity (Wildman–Crippen MR) is 123 cm³/mol. The smallest absolute Gasteiger partial charge is 0.199 e. The van der Waals surface area contributed by atoms with Crippen molar-refractivity contribution in [3.63, 3.8) is 0 Å². The van der Waals surface area contributed by atoms with Gasteiger partial charge in [-0.2, -0.15) is 0 Å². The van der Waals surface area contributed by atoms with Gasteiger partial charge in [-0.05, 0) is 62.7 Å². The van der Waals surface area contributed by atoms with E-state index >= 15 is 0 Å². The highest BCUT2D eigenvalue weighted by molar-refractivity contribution is 7.92. The van der Waals surface area contributed by atoms with Gasteiger partial charge in [0.05, 0.1) is 29.4 Å². The third-order valence-corrected chi connectivity index (χ3v) is 7.98. The second-order valence-electron chi connectivity index (χ2n) is 8.27. The largest absolute Gasteiger partial charge is 0.392 e. The number of likely N-dealkylation sites (tertiary alicyclic amines) is 1. The van der Waals surface area contributed by atoms with Crippen LogP contribution in [0.2, 0.25) is 0 Å². The molecule has 3 N–H and O–H groups in total. The Morgan fingerprint density at radius 2 is 1.91 bits per heavy atom. The summed E-state index contributed by atoms with van der Waals surface area (Å²) in [5.74, 6) is -0.317. The minimum Gasteiger partial charge on any atom is -0.392 e. The number of anilines is 1. The van der Waals surface area contributed by atoms with E-state index < -0.39 is 27.0 Å². The average molecular weight is 472 g/mol. The average Bonchev–Trinajstić information content (AvgIpc) is 2.80. The van der Waals surface area contributed by atoms with Crippen LogP contribution in [0.5, 0.6) is 0 Å². The Hall–Kier alpha value is -2.95. The van der Waals surface area contributed by atoms with Gasteiger partial charge in [0.1, 0.15) is 11.6 Å². The second kappa shape index (κ2) is 9.50. The Morgan fingerprint density at radius 3 is 2.55 bits per heavy atom. The van der Waals surface area contributed by atoms with E-state index in [1.807, 2.05) is 0 Å². The zero-order chi connectivity index (χ0) is 23.6. The maximum atomic E-state index is 15.0. The third-order valence-electron chi connectivity index (χ3n) is 5.76. The number of aromatic nitrogens is 3. The number of nitrogens with two attached hydrogens (primary N) is 1. The standard InChI is InChI=1S/C23H26FN5O3S/c1-15(30)14-29-9-6-17(7-10-29)33(31,32)23-18(3-2-8-26-23)16-4-5-19(20(24)11-16)21-12-28-22(25)13-27-21/h2-5,8,11-13,15,17,30H,6-7,9-10,14H2,1H3,(H2,25,28). The van der Waals surface area contributed by atoms with E-state index in [2.05, 4.69) is 19.9 Å². The number of nitrogens with zero attached hydrogens (tertiary/aromatic N) is 4. The van der Waals surface area contributed by atoms with Gasteiger partial charge in [-0.25, -0.2) is 22.8 Å². The maximum Gasteiger partial charge on any atom is 0.199 e. The lowest BCUT2D eigenvalue weighted by Gasteiger charge is -2.32. The van der Waals surface area contributed by atoms with Gasteiger partial charge in [0.25, 0.3) is 0 Å². The second-order valence-corrected chi connectivity index (χ2v) is 10.4. The first-order valence-electron chi connectivity index (χ1n) is 10.7. The van der Waals surface area contributed by atoms with Crippen molar-refractivity contribution < 1.29 is 17.9 Å². The number of hydrogen-bond donors (Lipinski definition) is 2. The molecule has 3 aromatic rings. The summed E-state index contributed by atoms with van der Waals surface area (Å²) in [5, 5.41) is 8.96. The number of halogens is 1. The summed E-state index contributed by atoms with van der Waals surface area (Å²) in [5.41, 5.74) is 6.89. The van der Waals surface area contributed by atoms with Crippen LogP contribution < -0.4 is 5.73 Å². The Labute approximate surface area is 192 Å². The van der Waals surface area contributed by atoms with Crippen LogP contribution in [0.1, 0.15) is 19.8 Å². The Balaban J connectivity index is 1.63. The quantitative estimate of drug-likeness (QED) is 0.562. The van der Waals surface area contributed by atoms with Crippen molar-refractivity contribution in [2.24, 2.45) is 0 Å². The molecule has 2 aromatic heterocycles. The van der Waals surface area contributed by atoms with Gasteiger partial charge in [0, 0.05) is 23.9 Å². The molecule has 1 aromatic carbocycles. The van der Waals surface area contributed by atoms with Crippen LogP contribution in [-0.2, 0) is 9.84 Å². The van der Waals surface area contributed by atoms with Crippen LogP contribution in [-0.4, -0.2) is 64.4 Å². The van der Waals surface area contributed by atoms with E-state index in [1.165, 1.54) is 24.7 Å². The number of nitrogen functional groups attached to an aromatic ring is 1. The molecule has 8 nitrogen and oxygen atoms in total. The van der Waals surface area contributed by atoms with Gasteiger partial charge >= 0.3 is 0 Å². The van der Waals surface area contributed by atoms with E-state index in [9.17, 15) is 17.9 Å². The zero-order valence-corrected chi connectivity index (χ0v) is 19.0. The minimum atomic E-state index is -3.73. The summed E-state index contributed by atoms with van der Waals surface area (Å²) >= 11 is 0. The molecular weight excluding hydrogens is 445 g/mol. The van der Waals surface area contributed by atoms with Crippen LogP contribution in [0.3, 0.4) is 0 Å². The van der Waals surface area contributed by atoms with Crippen molar-refractivity contribution in [3.8, 4) is 22.4 Å². The van der Waals surface area contributed by atoms with Gasteiger partial charge in [-0.15, -0.1) is 0 Å². The Bertz CT molecular complexity index is 1230. The van der Waals surface area contributed by atoms with Crippen molar-refractivity contribution in [3.05, 3.63) is 54.7 Å².